The monoisotopic (exact) mass is 367 g/mol. The van der Waals surface area contributed by atoms with E-state index in [1.54, 1.807) is 25.6 Å². The van der Waals surface area contributed by atoms with E-state index in [2.05, 4.69) is 11.4 Å². The Morgan fingerprint density at radius 1 is 1.00 bits per heavy atom. The van der Waals surface area contributed by atoms with Crippen LogP contribution in [0.4, 0.5) is 5.69 Å². The third kappa shape index (κ3) is 4.24. The molecule has 0 bridgehead atoms. The molecule has 0 spiro atoms. The molecule has 2 aromatic carbocycles. The molecule has 0 aliphatic rings. The highest BCUT2D eigenvalue weighted by Crippen LogP contribution is 2.31. The van der Waals surface area contributed by atoms with Gasteiger partial charge in [-0.15, -0.1) is 11.3 Å². The quantitative estimate of drug-likeness (QED) is 0.639. The Morgan fingerprint density at radius 3 is 2.54 bits per heavy atom. The molecule has 0 aliphatic carbocycles. The Balaban J connectivity index is 1.65. The molecule has 1 aromatic heterocycles. The van der Waals surface area contributed by atoms with Crippen LogP contribution in [-0.4, -0.2) is 20.1 Å². The number of anilines is 1. The summed E-state index contributed by atoms with van der Waals surface area (Å²) in [4.78, 5) is 13.6. The van der Waals surface area contributed by atoms with Gasteiger partial charge in [0.25, 0.3) is 0 Å². The first-order valence-electron chi connectivity index (χ1n) is 8.35. The normalized spacial score (nSPS) is 10.4. The van der Waals surface area contributed by atoms with Gasteiger partial charge in [-0.3, -0.25) is 4.79 Å². The maximum Gasteiger partial charge on any atom is 0.224 e. The van der Waals surface area contributed by atoms with E-state index in [9.17, 15) is 4.79 Å². The van der Waals surface area contributed by atoms with E-state index in [0.29, 0.717) is 24.3 Å². The van der Waals surface area contributed by atoms with Crippen molar-refractivity contribution in [3.8, 4) is 21.9 Å². The lowest BCUT2D eigenvalue weighted by Gasteiger charge is -2.11. The van der Waals surface area contributed by atoms with Gasteiger partial charge in [0.05, 0.1) is 14.2 Å². The first-order valence-corrected chi connectivity index (χ1v) is 9.23. The Bertz CT molecular complexity index is 875. The molecule has 3 rings (SSSR count). The third-order valence-electron chi connectivity index (χ3n) is 4.08. The number of benzene rings is 2. The molecule has 1 N–H and O–H groups in total. The van der Waals surface area contributed by atoms with E-state index in [0.717, 1.165) is 21.7 Å². The predicted octanol–water partition coefficient (Wildman–Crippen LogP) is 5.00. The van der Waals surface area contributed by atoms with Gasteiger partial charge in [-0.05, 0) is 41.6 Å². The number of hydrogen-bond acceptors (Lipinski definition) is 4. The van der Waals surface area contributed by atoms with Crippen molar-refractivity contribution in [2.45, 2.75) is 12.8 Å². The van der Waals surface area contributed by atoms with Gasteiger partial charge >= 0.3 is 0 Å². The molecular formula is C21H21NO3S. The Morgan fingerprint density at radius 2 is 1.81 bits per heavy atom. The van der Waals surface area contributed by atoms with Gasteiger partial charge in [0, 0.05) is 22.5 Å². The SMILES string of the molecule is COc1ccc(CCC(=O)Nc2ccccc2-c2cccs2)cc1OC. The molecular weight excluding hydrogens is 346 g/mol. The molecule has 0 aliphatic heterocycles. The fraction of sp³-hybridized carbons (Fsp3) is 0.190. The van der Waals surface area contributed by atoms with Crippen molar-refractivity contribution in [1.82, 2.24) is 0 Å². The van der Waals surface area contributed by atoms with Crippen LogP contribution in [0.3, 0.4) is 0 Å². The summed E-state index contributed by atoms with van der Waals surface area (Å²) in [7, 11) is 3.21. The first kappa shape index (κ1) is 18.0. The maximum absolute atomic E-state index is 12.4. The van der Waals surface area contributed by atoms with E-state index < -0.39 is 0 Å². The molecule has 1 heterocycles. The van der Waals surface area contributed by atoms with E-state index in [-0.39, 0.29) is 5.91 Å². The van der Waals surface area contributed by atoms with Gasteiger partial charge < -0.3 is 14.8 Å². The largest absolute Gasteiger partial charge is 0.493 e. The molecule has 134 valence electrons. The minimum Gasteiger partial charge on any atom is -0.493 e. The lowest BCUT2D eigenvalue weighted by atomic mass is 10.1. The highest BCUT2D eigenvalue weighted by Gasteiger charge is 2.10. The van der Waals surface area contributed by atoms with Gasteiger partial charge in [-0.2, -0.15) is 0 Å². The number of nitrogens with one attached hydrogen (secondary N) is 1. The zero-order chi connectivity index (χ0) is 18.4. The van der Waals surface area contributed by atoms with E-state index in [4.69, 9.17) is 9.47 Å². The van der Waals surface area contributed by atoms with Gasteiger partial charge in [-0.1, -0.05) is 30.3 Å². The minimum absolute atomic E-state index is 0.0104. The van der Waals surface area contributed by atoms with Crippen LogP contribution >= 0.6 is 11.3 Å². The van der Waals surface area contributed by atoms with Crippen LogP contribution < -0.4 is 14.8 Å². The lowest BCUT2D eigenvalue weighted by Crippen LogP contribution is -2.13. The van der Waals surface area contributed by atoms with Crippen LogP contribution in [0.2, 0.25) is 0 Å². The van der Waals surface area contributed by atoms with Crippen molar-refractivity contribution >= 4 is 22.9 Å². The van der Waals surface area contributed by atoms with Gasteiger partial charge in [0.1, 0.15) is 0 Å². The maximum atomic E-state index is 12.4. The minimum atomic E-state index is -0.0104. The Hall–Kier alpha value is -2.79. The van der Waals surface area contributed by atoms with Crippen molar-refractivity contribution in [2.75, 3.05) is 19.5 Å². The van der Waals surface area contributed by atoms with Gasteiger partial charge in [0.15, 0.2) is 11.5 Å². The smallest absolute Gasteiger partial charge is 0.224 e. The van der Waals surface area contributed by atoms with E-state index in [1.807, 2.05) is 53.9 Å². The lowest BCUT2D eigenvalue weighted by molar-refractivity contribution is -0.116. The van der Waals surface area contributed by atoms with Gasteiger partial charge in [0.2, 0.25) is 5.91 Å². The summed E-state index contributed by atoms with van der Waals surface area (Å²) in [5.41, 5.74) is 2.92. The number of ether oxygens (including phenoxy) is 2. The van der Waals surface area contributed by atoms with Gasteiger partial charge in [-0.25, -0.2) is 0 Å². The Labute approximate surface area is 157 Å². The molecule has 0 unspecified atom stereocenters. The van der Waals surface area contributed by atoms with Crippen molar-refractivity contribution < 1.29 is 14.3 Å². The van der Waals surface area contributed by atoms with Crippen LogP contribution in [0, 0.1) is 0 Å². The van der Waals surface area contributed by atoms with Crippen LogP contribution in [0.25, 0.3) is 10.4 Å². The average molecular weight is 367 g/mol. The zero-order valence-electron chi connectivity index (χ0n) is 14.8. The molecule has 0 saturated carbocycles. The molecule has 0 atom stereocenters. The fourth-order valence-electron chi connectivity index (χ4n) is 2.75. The number of carbonyl (C=O) groups is 1. The summed E-state index contributed by atoms with van der Waals surface area (Å²) in [6, 6.07) is 17.7. The molecule has 1 amide bonds. The predicted molar refractivity (Wildman–Crippen MR) is 106 cm³/mol. The molecule has 26 heavy (non-hydrogen) atoms. The second-order valence-electron chi connectivity index (χ2n) is 5.76. The fourth-order valence-corrected chi connectivity index (χ4v) is 3.51. The number of carbonyl (C=O) groups excluding carboxylic acids is 1. The first-order chi connectivity index (χ1) is 12.7. The number of para-hydroxylation sites is 1. The van der Waals surface area contributed by atoms with Crippen LogP contribution in [0.15, 0.2) is 60.0 Å². The van der Waals surface area contributed by atoms with E-state index in [1.165, 1.54) is 0 Å². The molecule has 4 nitrogen and oxygen atoms in total. The summed E-state index contributed by atoms with van der Waals surface area (Å²) in [5.74, 6) is 1.35. The molecule has 3 aromatic rings. The van der Waals surface area contributed by atoms with Crippen molar-refractivity contribution in [3.05, 3.63) is 65.5 Å². The van der Waals surface area contributed by atoms with Crippen molar-refractivity contribution in [1.29, 1.82) is 0 Å². The summed E-state index contributed by atoms with van der Waals surface area (Å²) < 4.78 is 10.6. The number of aryl methyl sites for hydroxylation is 1. The molecule has 5 heteroatoms. The molecule has 0 saturated heterocycles. The molecule has 0 fully saturated rings. The summed E-state index contributed by atoms with van der Waals surface area (Å²) in [6.45, 7) is 0. The topological polar surface area (TPSA) is 47.6 Å². The van der Waals surface area contributed by atoms with Crippen molar-refractivity contribution in [2.24, 2.45) is 0 Å². The van der Waals surface area contributed by atoms with E-state index >= 15 is 0 Å². The average Bonchev–Trinajstić information content (AvgIpc) is 3.21. The number of methoxy groups -OCH3 is 2. The van der Waals surface area contributed by atoms with Crippen LogP contribution in [0.5, 0.6) is 11.5 Å². The standard InChI is InChI=1S/C21H21NO3S/c1-24-18-11-9-15(14-19(18)25-2)10-12-21(23)22-17-7-4-3-6-16(17)20-8-5-13-26-20/h3-9,11,13-14H,10,12H2,1-2H3,(H,22,23). The highest BCUT2D eigenvalue weighted by atomic mass is 32.1. The number of hydrogen-bond donors (Lipinski definition) is 1. The number of amides is 1. The Kier molecular flexibility index (Phi) is 5.92. The van der Waals surface area contributed by atoms with Crippen LogP contribution in [-0.2, 0) is 11.2 Å². The van der Waals surface area contributed by atoms with Crippen LogP contribution in [0.1, 0.15) is 12.0 Å². The summed E-state index contributed by atoms with van der Waals surface area (Å²) in [6.07, 6.45) is 1.03. The number of thiophene rings is 1. The second-order valence-corrected chi connectivity index (χ2v) is 6.71. The second kappa shape index (κ2) is 8.54. The zero-order valence-corrected chi connectivity index (χ0v) is 15.6. The summed E-state index contributed by atoms with van der Waals surface area (Å²) >= 11 is 1.66. The van der Waals surface area contributed by atoms with Crippen molar-refractivity contribution in [3.63, 3.8) is 0 Å². The third-order valence-corrected chi connectivity index (χ3v) is 4.98. The summed E-state index contributed by atoms with van der Waals surface area (Å²) in [5, 5.41) is 5.06. The molecule has 0 radical (unpaired) electrons. The number of rotatable bonds is 7. The highest BCUT2D eigenvalue weighted by molar-refractivity contribution is 7.13.